The quantitative estimate of drug-likeness (QED) is 0.897. The summed E-state index contributed by atoms with van der Waals surface area (Å²) in [5.41, 5.74) is 1.83. The van der Waals surface area contributed by atoms with Gasteiger partial charge in [-0.3, -0.25) is 9.69 Å². The van der Waals surface area contributed by atoms with E-state index in [0.29, 0.717) is 11.6 Å². The maximum atomic E-state index is 12.3. The zero-order valence-electron chi connectivity index (χ0n) is 14.7. The maximum absolute atomic E-state index is 12.3. The number of hydrogen-bond donors (Lipinski definition) is 1. The van der Waals surface area contributed by atoms with Crippen LogP contribution in [0.4, 0.5) is 5.69 Å². The van der Waals surface area contributed by atoms with E-state index in [1.807, 2.05) is 31.2 Å². The molecule has 0 saturated carbocycles. The first kappa shape index (κ1) is 17.8. The van der Waals surface area contributed by atoms with Crippen LogP contribution in [0.3, 0.4) is 0 Å². The Balaban J connectivity index is 1.99. The topological polar surface area (TPSA) is 47.0 Å². The van der Waals surface area contributed by atoms with E-state index in [2.05, 4.69) is 23.6 Å². The SMILES string of the molecule is CC(C)N1CCN(c2ccc(C(=O)N(C)C(C)CO)cc2)CC1. The van der Waals surface area contributed by atoms with Gasteiger partial charge in [0.15, 0.2) is 0 Å². The van der Waals surface area contributed by atoms with Crippen LogP contribution in [0.1, 0.15) is 31.1 Å². The van der Waals surface area contributed by atoms with E-state index in [1.165, 1.54) is 5.69 Å². The van der Waals surface area contributed by atoms with Crippen molar-refractivity contribution in [2.45, 2.75) is 32.9 Å². The normalized spacial score (nSPS) is 17.4. The second kappa shape index (κ2) is 7.79. The molecule has 5 heteroatoms. The van der Waals surface area contributed by atoms with Crippen LogP contribution in [-0.2, 0) is 0 Å². The number of piperazine rings is 1. The van der Waals surface area contributed by atoms with Crippen LogP contribution in [0, 0.1) is 0 Å². The van der Waals surface area contributed by atoms with Gasteiger partial charge in [0.05, 0.1) is 12.6 Å². The van der Waals surface area contributed by atoms with Gasteiger partial charge < -0.3 is 14.9 Å². The van der Waals surface area contributed by atoms with Crippen molar-refractivity contribution >= 4 is 11.6 Å². The number of likely N-dealkylation sites (N-methyl/N-ethyl adjacent to an activating group) is 1. The van der Waals surface area contributed by atoms with Gasteiger partial charge in [-0.05, 0) is 45.0 Å². The number of benzene rings is 1. The number of aliphatic hydroxyl groups excluding tert-OH is 1. The van der Waals surface area contributed by atoms with Gasteiger partial charge in [-0.2, -0.15) is 0 Å². The lowest BCUT2D eigenvalue weighted by molar-refractivity contribution is 0.0682. The van der Waals surface area contributed by atoms with Gasteiger partial charge in [0.2, 0.25) is 0 Å². The molecule has 1 aromatic rings. The zero-order chi connectivity index (χ0) is 17.0. The third-order valence-corrected chi connectivity index (χ3v) is 4.77. The monoisotopic (exact) mass is 319 g/mol. The fourth-order valence-corrected chi connectivity index (χ4v) is 2.84. The number of carbonyl (C=O) groups is 1. The summed E-state index contributed by atoms with van der Waals surface area (Å²) >= 11 is 0. The molecule has 1 heterocycles. The van der Waals surface area contributed by atoms with Crippen LogP contribution in [0.2, 0.25) is 0 Å². The molecule has 1 aromatic carbocycles. The van der Waals surface area contributed by atoms with Crippen molar-refractivity contribution in [2.24, 2.45) is 0 Å². The molecule has 2 rings (SSSR count). The number of amides is 1. The molecular weight excluding hydrogens is 290 g/mol. The lowest BCUT2D eigenvalue weighted by Crippen LogP contribution is -2.48. The van der Waals surface area contributed by atoms with Crippen LogP contribution in [0.5, 0.6) is 0 Å². The van der Waals surface area contributed by atoms with Crippen LogP contribution in [0.15, 0.2) is 24.3 Å². The molecule has 0 spiro atoms. The van der Waals surface area contributed by atoms with Gasteiger partial charge in [0.25, 0.3) is 5.91 Å². The molecule has 1 atom stereocenters. The van der Waals surface area contributed by atoms with Crippen molar-refractivity contribution in [2.75, 3.05) is 44.7 Å². The third-order valence-electron chi connectivity index (χ3n) is 4.77. The molecule has 0 radical (unpaired) electrons. The summed E-state index contributed by atoms with van der Waals surface area (Å²) in [7, 11) is 1.72. The minimum Gasteiger partial charge on any atom is -0.394 e. The molecule has 128 valence electrons. The van der Waals surface area contributed by atoms with Crippen LogP contribution in [0.25, 0.3) is 0 Å². The van der Waals surface area contributed by atoms with E-state index in [4.69, 9.17) is 0 Å². The van der Waals surface area contributed by atoms with E-state index < -0.39 is 0 Å². The molecule has 5 nitrogen and oxygen atoms in total. The summed E-state index contributed by atoms with van der Waals surface area (Å²) < 4.78 is 0. The summed E-state index contributed by atoms with van der Waals surface area (Å²) in [5.74, 6) is -0.0530. The molecule has 0 aromatic heterocycles. The maximum Gasteiger partial charge on any atom is 0.253 e. The standard InChI is InChI=1S/C18H29N3O2/c1-14(2)20-9-11-21(12-10-20)17-7-5-16(6-8-17)18(23)19(4)15(3)13-22/h5-8,14-15,22H,9-13H2,1-4H3. The molecule has 0 aliphatic carbocycles. The van der Waals surface area contributed by atoms with Crippen molar-refractivity contribution in [3.63, 3.8) is 0 Å². The summed E-state index contributed by atoms with van der Waals surface area (Å²) in [6.45, 7) is 10.5. The van der Waals surface area contributed by atoms with E-state index in [1.54, 1.807) is 11.9 Å². The second-order valence-corrected chi connectivity index (χ2v) is 6.61. The first-order chi connectivity index (χ1) is 10.9. The van der Waals surface area contributed by atoms with Gasteiger partial charge in [0, 0.05) is 50.5 Å². The highest BCUT2D eigenvalue weighted by Gasteiger charge is 2.20. The highest BCUT2D eigenvalue weighted by atomic mass is 16.3. The number of carbonyl (C=O) groups excluding carboxylic acids is 1. The lowest BCUT2D eigenvalue weighted by Gasteiger charge is -2.38. The molecule has 1 aliphatic rings. The van der Waals surface area contributed by atoms with E-state index in [9.17, 15) is 9.90 Å². The van der Waals surface area contributed by atoms with Gasteiger partial charge >= 0.3 is 0 Å². The number of aliphatic hydroxyl groups is 1. The van der Waals surface area contributed by atoms with Crippen LogP contribution < -0.4 is 4.90 Å². The third kappa shape index (κ3) is 4.24. The first-order valence-electron chi connectivity index (χ1n) is 8.41. The molecule has 0 bridgehead atoms. The molecule has 1 unspecified atom stereocenters. The summed E-state index contributed by atoms with van der Waals surface area (Å²) in [4.78, 5) is 18.8. The number of hydrogen-bond acceptors (Lipinski definition) is 4. The molecule has 1 fully saturated rings. The van der Waals surface area contributed by atoms with Crippen LogP contribution >= 0.6 is 0 Å². The van der Waals surface area contributed by atoms with Gasteiger partial charge in [-0.15, -0.1) is 0 Å². The Bertz CT molecular complexity index is 508. The van der Waals surface area contributed by atoms with Crippen molar-refractivity contribution in [3.05, 3.63) is 29.8 Å². The Kier molecular flexibility index (Phi) is 6.02. The fraction of sp³-hybridized carbons (Fsp3) is 0.611. The van der Waals surface area contributed by atoms with E-state index >= 15 is 0 Å². The lowest BCUT2D eigenvalue weighted by atomic mass is 10.1. The van der Waals surface area contributed by atoms with E-state index in [-0.39, 0.29) is 18.6 Å². The first-order valence-corrected chi connectivity index (χ1v) is 8.41. The van der Waals surface area contributed by atoms with Gasteiger partial charge in [-0.25, -0.2) is 0 Å². The van der Waals surface area contributed by atoms with Crippen molar-refractivity contribution < 1.29 is 9.90 Å². The average Bonchev–Trinajstić information content (AvgIpc) is 2.60. The van der Waals surface area contributed by atoms with E-state index in [0.717, 1.165) is 26.2 Å². The molecule has 1 N–H and O–H groups in total. The highest BCUT2D eigenvalue weighted by Crippen LogP contribution is 2.19. The Morgan fingerprint density at radius 3 is 2.17 bits per heavy atom. The predicted octanol–water partition coefficient (Wildman–Crippen LogP) is 1.67. The largest absolute Gasteiger partial charge is 0.394 e. The average molecular weight is 319 g/mol. The molecule has 1 aliphatic heterocycles. The van der Waals surface area contributed by atoms with Crippen LogP contribution in [-0.4, -0.2) is 72.7 Å². The molecule has 23 heavy (non-hydrogen) atoms. The van der Waals surface area contributed by atoms with Gasteiger partial charge in [0.1, 0.15) is 0 Å². The zero-order valence-corrected chi connectivity index (χ0v) is 14.7. The summed E-state index contributed by atoms with van der Waals surface area (Å²) in [6.07, 6.45) is 0. The summed E-state index contributed by atoms with van der Waals surface area (Å²) in [5, 5.41) is 9.17. The number of anilines is 1. The molecule has 1 saturated heterocycles. The summed E-state index contributed by atoms with van der Waals surface area (Å²) in [6, 6.07) is 8.23. The second-order valence-electron chi connectivity index (χ2n) is 6.61. The minimum atomic E-state index is -0.175. The Morgan fingerprint density at radius 2 is 1.70 bits per heavy atom. The van der Waals surface area contributed by atoms with Gasteiger partial charge in [-0.1, -0.05) is 0 Å². The fourth-order valence-electron chi connectivity index (χ4n) is 2.84. The van der Waals surface area contributed by atoms with Crippen molar-refractivity contribution in [1.29, 1.82) is 0 Å². The molecule has 1 amide bonds. The predicted molar refractivity (Wildman–Crippen MR) is 94.0 cm³/mol. The van der Waals surface area contributed by atoms with Crippen molar-refractivity contribution in [1.82, 2.24) is 9.80 Å². The Morgan fingerprint density at radius 1 is 1.13 bits per heavy atom. The number of nitrogens with zero attached hydrogens (tertiary/aromatic N) is 3. The molecular formula is C18H29N3O2. The number of rotatable bonds is 5. The highest BCUT2D eigenvalue weighted by molar-refractivity contribution is 5.94. The Hall–Kier alpha value is -1.59. The van der Waals surface area contributed by atoms with Crippen molar-refractivity contribution in [3.8, 4) is 0 Å². The Labute approximate surface area is 139 Å². The smallest absolute Gasteiger partial charge is 0.253 e. The minimum absolute atomic E-state index is 0.0273.